The number of methoxy groups -OCH3 is 1. The molecule has 0 saturated heterocycles. The highest BCUT2D eigenvalue weighted by atomic mass is 16.5. The SMILES string of the molecule is CCOc1ccc([C@H](N)[C@H](O)Cc2ccccc2)cc1OC. The second-order valence-electron chi connectivity index (χ2n) is 5.13. The molecule has 0 heterocycles. The molecule has 0 aromatic heterocycles. The molecule has 0 amide bonds. The van der Waals surface area contributed by atoms with Crippen LogP contribution in [-0.2, 0) is 6.42 Å². The van der Waals surface area contributed by atoms with E-state index in [2.05, 4.69) is 0 Å². The third-order valence-corrected chi connectivity index (χ3v) is 3.57. The van der Waals surface area contributed by atoms with Gasteiger partial charge in [0.1, 0.15) is 0 Å². The summed E-state index contributed by atoms with van der Waals surface area (Å²) in [6, 6.07) is 14.9. The molecule has 0 radical (unpaired) electrons. The number of hydrogen-bond acceptors (Lipinski definition) is 4. The first-order valence-corrected chi connectivity index (χ1v) is 7.44. The van der Waals surface area contributed by atoms with Crippen molar-refractivity contribution in [3.63, 3.8) is 0 Å². The van der Waals surface area contributed by atoms with E-state index in [0.29, 0.717) is 24.5 Å². The van der Waals surface area contributed by atoms with E-state index in [0.717, 1.165) is 11.1 Å². The monoisotopic (exact) mass is 301 g/mol. The standard InChI is InChI=1S/C18H23NO3/c1-3-22-16-10-9-14(12-17(16)21-2)18(19)15(20)11-13-7-5-4-6-8-13/h4-10,12,15,18,20H,3,11,19H2,1-2H3/t15-,18+/m1/s1. The Bertz CT molecular complexity index is 586. The van der Waals surface area contributed by atoms with Crippen LogP contribution in [0.3, 0.4) is 0 Å². The topological polar surface area (TPSA) is 64.7 Å². The van der Waals surface area contributed by atoms with E-state index in [1.807, 2.05) is 55.5 Å². The average molecular weight is 301 g/mol. The summed E-state index contributed by atoms with van der Waals surface area (Å²) in [5.41, 5.74) is 8.07. The van der Waals surface area contributed by atoms with E-state index in [9.17, 15) is 5.11 Å². The number of hydrogen-bond donors (Lipinski definition) is 2. The lowest BCUT2D eigenvalue weighted by molar-refractivity contribution is 0.145. The molecule has 0 bridgehead atoms. The van der Waals surface area contributed by atoms with Crippen LogP contribution in [0.1, 0.15) is 24.1 Å². The van der Waals surface area contributed by atoms with Crippen LogP contribution in [0.15, 0.2) is 48.5 Å². The maximum absolute atomic E-state index is 10.4. The fourth-order valence-corrected chi connectivity index (χ4v) is 2.37. The Morgan fingerprint density at radius 1 is 1.09 bits per heavy atom. The molecule has 2 aromatic carbocycles. The molecule has 0 aliphatic rings. The quantitative estimate of drug-likeness (QED) is 0.825. The van der Waals surface area contributed by atoms with Gasteiger partial charge in [-0.3, -0.25) is 0 Å². The first kappa shape index (κ1) is 16.3. The molecule has 0 aliphatic carbocycles. The average Bonchev–Trinajstić information content (AvgIpc) is 2.55. The zero-order valence-electron chi connectivity index (χ0n) is 13.0. The molecule has 0 unspecified atom stereocenters. The van der Waals surface area contributed by atoms with Crippen LogP contribution in [0, 0.1) is 0 Å². The largest absolute Gasteiger partial charge is 0.493 e. The molecule has 0 aliphatic heterocycles. The first-order chi connectivity index (χ1) is 10.7. The molecule has 0 fully saturated rings. The van der Waals surface area contributed by atoms with Gasteiger partial charge in [-0.2, -0.15) is 0 Å². The zero-order valence-corrected chi connectivity index (χ0v) is 13.0. The van der Waals surface area contributed by atoms with Gasteiger partial charge in [0.15, 0.2) is 11.5 Å². The molecule has 118 valence electrons. The molecule has 2 atom stereocenters. The number of ether oxygens (including phenoxy) is 2. The summed E-state index contributed by atoms with van der Waals surface area (Å²) in [5.74, 6) is 1.31. The molecule has 4 nitrogen and oxygen atoms in total. The van der Waals surface area contributed by atoms with Crippen molar-refractivity contribution in [3.05, 3.63) is 59.7 Å². The van der Waals surface area contributed by atoms with E-state index in [4.69, 9.17) is 15.2 Å². The Morgan fingerprint density at radius 3 is 2.45 bits per heavy atom. The van der Waals surface area contributed by atoms with E-state index >= 15 is 0 Å². The van der Waals surface area contributed by atoms with E-state index in [1.165, 1.54) is 0 Å². The minimum absolute atomic E-state index is 0.482. The second kappa shape index (κ2) is 7.82. The summed E-state index contributed by atoms with van der Waals surface area (Å²) in [7, 11) is 1.59. The van der Waals surface area contributed by atoms with Gasteiger partial charge in [-0.15, -0.1) is 0 Å². The van der Waals surface area contributed by atoms with Crippen molar-refractivity contribution < 1.29 is 14.6 Å². The third-order valence-electron chi connectivity index (χ3n) is 3.57. The molecule has 4 heteroatoms. The molecule has 3 N–H and O–H groups in total. The van der Waals surface area contributed by atoms with E-state index in [1.54, 1.807) is 7.11 Å². The van der Waals surface area contributed by atoms with Crippen LogP contribution < -0.4 is 15.2 Å². The molecule has 22 heavy (non-hydrogen) atoms. The van der Waals surface area contributed by atoms with Crippen LogP contribution in [0.4, 0.5) is 0 Å². The summed E-state index contributed by atoms with van der Waals surface area (Å²) in [6.07, 6.45) is -0.151. The number of benzene rings is 2. The molecule has 2 rings (SSSR count). The van der Waals surface area contributed by atoms with Crippen molar-refractivity contribution in [2.45, 2.75) is 25.5 Å². The van der Waals surface area contributed by atoms with Gasteiger partial charge < -0.3 is 20.3 Å². The predicted molar refractivity (Wildman–Crippen MR) is 87.2 cm³/mol. The fraction of sp³-hybridized carbons (Fsp3) is 0.333. The van der Waals surface area contributed by atoms with Gasteiger partial charge in [0.25, 0.3) is 0 Å². The predicted octanol–water partition coefficient (Wildman–Crippen LogP) is 2.70. The second-order valence-corrected chi connectivity index (χ2v) is 5.13. The zero-order chi connectivity index (χ0) is 15.9. The lowest BCUT2D eigenvalue weighted by Crippen LogP contribution is -2.28. The molecular formula is C18H23NO3. The van der Waals surface area contributed by atoms with Gasteiger partial charge in [-0.1, -0.05) is 36.4 Å². The normalized spacial score (nSPS) is 13.5. The number of aliphatic hydroxyl groups is 1. The summed E-state index contributed by atoms with van der Waals surface area (Å²) in [4.78, 5) is 0. The Balaban J connectivity index is 2.12. The van der Waals surface area contributed by atoms with Crippen LogP contribution in [0.25, 0.3) is 0 Å². The molecule has 2 aromatic rings. The van der Waals surface area contributed by atoms with Crippen LogP contribution in [0.5, 0.6) is 11.5 Å². The van der Waals surface area contributed by atoms with Gasteiger partial charge in [-0.05, 0) is 30.2 Å². The Kier molecular flexibility index (Phi) is 5.81. The minimum atomic E-state index is -0.662. The number of rotatable bonds is 7. The van der Waals surface area contributed by atoms with Crippen molar-refractivity contribution >= 4 is 0 Å². The highest BCUT2D eigenvalue weighted by Crippen LogP contribution is 2.31. The highest BCUT2D eigenvalue weighted by Gasteiger charge is 2.19. The van der Waals surface area contributed by atoms with E-state index in [-0.39, 0.29) is 0 Å². The van der Waals surface area contributed by atoms with Crippen LogP contribution >= 0.6 is 0 Å². The minimum Gasteiger partial charge on any atom is -0.493 e. The number of aliphatic hydroxyl groups excluding tert-OH is 1. The Hall–Kier alpha value is -2.04. The number of nitrogens with two attached hydrogens (primary N) is 1. The smallest absolute Gasteiger partial charge is 0.161 e. The Labute approximate surface area is 131 Å². The highest BCUT2D eigenvalue weighted by molar-refractivity contribution is 5.44. The third kappa shape index (κ3) is 4.00. The lowest BCUT2D eigenvalue weighted by Gasteiger charge is -2.20. The van der Waals surface area contributed by atoms with Gasteiger partial charge >= 0.3 is 0 Å². The first-order valence-electron chi connectivity index (χ1n) is 7.44. The van der Waals surface area contributed by atoms with Crippen molar-refractivity contribution in [1.82, 2.24) is 0 Å². The van der Waals surface area contributed by atoms with Crippen molar-refractivity contribution in [2.24, 2.45) is 5.73 Å². The molecular weight excluding hydrogens is 278 g/mol. The lowest BCUT2D eigenvalue weighted by atomic mass is 9.96. The molecule has 0 spiro atoms. The molecule has 0 saturated carbocycles. The van der Waals surface area contributed by atoms with Crippen LogP contribution in [-0.4, -0.2) is 24.9 Å². The maximum Gasteiger partial charge on any atom is 0.161 e. The summed E-state index contributed by atoms with van der Waals surface area (Å²) < 4.78 is 10.8. The van der Waals surface area contributed by atoms with Crippen molar-refractivity contribution in [1.29, 1.82) is 0 Å². The van der Waals surface area contributed by atoms with Crippen molar-refractivity contribution in [2.75, 3.05) is 13.7 Å². The van der Waals surface area contributed by atoms with E-state index < -0.39 is 12.1 Å². The van der Waals surface area contributed by atoms with Gasteiger partial charge in [0.2, 0.25) is 0 Å². The van der Waals surface area contributed by atoms with Crippen LogP contribution in [0.2, 0.25) is 0 Å². The van der Waals surface area contributed by atoms with Gasteiger partial charge in [0.05, 0.1) is 25.9 Å². The Morgan fingerprint density at radius 2 is 1.82 bits per heavy atom. The van der Waals surface area contributed by atoms with Gasteiger partial charge in [0, 0.05) is 6.42 Å². The summed E-state index contributed by atoms with van der Waals surface area (Å²) >= 11 is 0. The van der Waals surface area contributed by atoms with Crippen molar-refractivity contribution in [3.8, 4) is 11.5 Å². The summed E-state index contributed by atoms with van der Waals surface area (Å²) in [5, 5.41) is 10.4. The summed E-state index contributed by atoms with van der Waals surface area (Å²) in [6.45, 7) is 2.49. The maximum atomic E-state index is 10.4. The van der Waals surface area contributed by atoms with Gasteiger partial charge in [-0.25, -0.2) is 0 Å². The fourth-order valence-electron chi connectivity index (χ4n) is 2.37.